The van der Waals surface area contributed by atoms with Gasteiger partial charge in [-0.2, -0.15) is 0 Å². The van der Waals surface area contributed by atoms with Crippen LogP contribution in [-0.2, 0) is 0 Å². The number of hydrogen-bond donors (Lipinski definition) is 0. The Morgan fingerprint density at radius 2 is 2.27 bits per heavy atom. The van der Waals surface area contributed by atoms with Crippen LogP contribution in [0.2, 0.25) is 0 Å². The van der Waals surface area contributed by atoms with Crippen molar-refractivity contribution in [2.75, 3.05) is 6.61 Å². The molecule has 0 aliphatic carbocycles. The van der Waals surface area contributed by atoms with Crippen LogP contribution < -0.4 is 4.74 Å². The van der Waals surface area contributed by atoms with Gasteiger partial charge in [-0.1, -0.05) is 6.07 Å². The molecule has 0 amide bonds. The predicted octanol–water partition coefficient (Wildman–Crippen LogP) is 2.89. The van der Waals surface area contributed by atoms with Crippen molar-refractivity contribution in [1.82, 2.24) is 0 Å². The molecule has 0 saturated heterocycles. The predicted molar refractivity (Wildman–Crippen MR) is 54.6 cm³/mol. The van der Waals surface area contributed by atoms with E-state index in [0.29, 0.717) is 6.61 Å². The van der Waals surface area contributed by atoms with Gasteiger partial charge in [0.1, 0.15) is 5.75 Å². The molecular weight excluding hydrogens is 251 g/mol. The van der Waals surface area contributed by atoms with E-state index in [1.807, 2.05) is 24.3 Å². The van der Waals surface area contributed by atoms with Gasteiger partial charge in [0.15, 0.2) is 0 Å². The number of ether oxygens (including phenoxy) is 1. The normalized spacial score (nSPS) is 9.64. The number of hydrogen-bond acceptors (Lipinski definition) is 1. The molecule has 59 valence electrons. The van der Waals surface area contributed by atoms with Gasteiger partial charge < -0.3 is 4.74 Å². The lowest BCUT2D eigenvalue weighted by atomic mass is 10.3. The second-order valence-electron chi connectivity index (χ2n) is 2.16. The van der Waals surface area contributed by atoms with Crippen LogP contribution in [-0.4, -0.2) is 6.61 Å². The molecule has 1 aromatic carbocycles. The second kappa shape index (κ2) is 4.59. The van der Waals surface area contributed by atoms with Crippen LogP contribution in [0.5, 0.6) is 5.75 Å². The van der Waals surface area contributed by atoms with Crippen LogP contribution in [0.15, 0.2) is 24.3 Å². The largest absolute Gasteiger partial charge is 0.494 e. The molecule has 0 spiro atoms. The third-order valence-corrected chi connectivity index (χ3v) is 1.88. The Balaban J connectivity index is 2.56. The quantitative estimate of drug-likeness (QED) is 0.760. The summed E-state index contributed by atoms with van der Waals surface area (Å²) in [6.07, 6.45) is 0.811. The molecule has 0 fully saturated rings. The fraction of sp³-hybridized carbons (Fsp3) is 0.222. The Bertz CT molecular complexity index is 223. The molecule has 11 heavy (non-hydrogen) atoms. The number of rotatable bonds is 3. The van der Waals surface area contributed by atoms with Gasteiger partial charge in [0.05, 0.1) is 6.61 Å². The van der Waals surface area contributed by atoms with E-state index in [1.54, 1.807) is 0 Å². The summed E-state index contributed by atoms with van der Waals surface area (Å²) in [6.45, 7) is 4.39. The van der Waals surface area contributed by atoms with Gasteiger partial charge in [-0.25, -0.2) is 0 Å². The van der Waals surface area contributed by atoms with Crippen LogP contribution in [0.3, 0.4) is 0 Å². The van der Waals surface area contributed by atoms with Crippen molar-refractivity contribution in [3.8, 4) is 5.75 Å². The zero-order valence-corrected chi connectivity index (χ0v) is 8.37. The van der Waals surface area contributed by atoms with Gasteiger partial charge in [-0.05, 0) is 54.1 Å². The second-order valence-corrected chi connectivity index (χ2v) is 3.41. The topological polar surface area (TPSA) is 9.23 Å². The Morgan fingerprint density at radius 1 is 1.45 bits per heavy atom. The van der Waals surface area contributed by atoms with E-state index < -0.39 is 0 Å². The molecule has 0 aliphatic rings. The molecule has 1 aromatic rings. The Labute approximate surface area is 80.9 Å². The number of halogens is 1. The molecule has 0 heterocycles. The first-order valence-electron chi connectivity index (χ1n) is 3.50. The van der Waals surface area contributed by atoms with E-state index >= 15 is 0 Å². The third kappa shape index (κ3) is 3.10. The van der Waals surface area contributed by atoms with Crippen LogP contribution in [0, 0.1) is 10.5 Å². The minimum Gasteiger partial charge on any atom is -0.494 e. The summed E-state index contributed by atoms with van der Waals surface area (Å²) in [6, 6.07) is 7.99. The van der Waals surface area contributed by atoms with Gasteiger partial charge >= 0.3 is 0 Å². The highest BCUT2D eigenvalue weighted by molar-refractivity contribution is 14.1. The molecule has 0 bridgehead atoms. The first kappa shape index (κ1) is 8.84. The van der Waals surface area contributed by atoms with Crippen molar-refractivity contribution >= 4 is 22.6 Å². The van der Waals surface area contributed by atoms with E-state index in [9.17, 15) is 0 Å². The Kier molecular flexibility index (Phi) is 3.69. The number of benzene rings is 1. The molecule has 0 unspecified atom stereocenters. The van der Waals surface area contributed by atoms with Gasteiger partial charge in [0, 0.05) is 3.57 Å². The zero-order chi connectivity index (χ0) is 8.10. The van der Waals surface area contributed by atoms with Gasteiger partial charge in [-0.3, -0.25) is 0 Å². The average Bonchev–Trinajstić information content (AvgIpc) is 2.01. The van der Waals surface area contributed by atoms with E-state index in [-0.39, 0.29) is 0 Å². The van der Waals surface area contributed by atoms with E-state index in [2.05, 4.69) is 29.5 Å². The minimum absolute atomic E-state index is 0.695. The summed E-state index contributed by atoms with van der Waals surface area (Å²) < 4.78 is 6.57. The Morgan fingerprint density at radius 3 is 2.91 bits per heavy atom. The summed E-state index contributed by atoms with van der Waals surface area (Å²) in [5.74, 6) is 0.931. The fourth-order valence-corrected chi connectivity index (χ4v) is 1.26. The molecule has 0 N–H and O–H groups in total. The van der Waals surface area contributed by atoms with Gasteiger partial charge in [0.2, 0.25) is 0 Å². The summed E-state index contributed by atoms with van der Waals surface area (Å²) in [5.41, 5.74) is 0. The van der Waals surface area contributed by atoms with E-state index in [1.165, 1.54) is 3.57 Å². The molecule has 1 radical (unpaired) electrons. The lowest BCUT2D eigenvalue weighted by Gasteiger charge is -2.03. The zero-order valence-electron chi connectivity index (χ0n) is 6.22. The highest BCUT2D eigenvalue weighted by atomic mass is 127. The first-order valence-corrected chi connectivity index (χ1v) is 4.58. The average molecular weight is 261 g/mol. The fourth-order valence-electron chi connectivity index (χ4n) is 0.747. The summed E-state index contributed by atoms with van der Waals surface area (Å²) in [7, 11) is 0. The molecule has 2 heteroatoms. The lowest BCUT2D eigenvalue weighted by molar-refractivity contribution is 0.324. The molecule has 0 aromatic heterocycles. The van der Waals surface area contributed by atoms with E-state index in [0.717, 1.165) is 12.2 Å². The summed E-state index contributed by atoms with van der Waals surface area (Å²) in [4.78, 5) is 0. The monoisotopic (exact) mass is 261 g/mol. The van der Waals surface area contributed by atoms with Crippen molar-refractivity contribution < 1.29 is 4.74 Å². The van der Waals surface area contributed by atoms with Crippen LogP contribution in [0.25, 0.3) is 0 Å². The van der Waals surface area contributed by atoms with Gasteiger partial charge in [0.25, 0.3) is 0 Å². The molecule has 0 aliphatic heterocycles. The highest BCUT2D eigenvalue weighted by Crippen LogP contribution is 2.14. The highest BCUT2D eigenvalue weighted by Gasteiger charge is 1.91. The molecule has 0 saturated carbocycles. The van der Waals surface area contributed by atoms with Crippen LogP contribution in [0.4, 0.5) is 0 Å². The lowest BCUT2D eigenvalue weighted by Crippen LogP contribution is -1.94. The maximum atomic E-state index is 5.37. The van der Waals surface area contributed by atoms with Crippen molar-refractivity contribution in [3.63, 3.8) is 0 Å². The minimum atomic E-state index is 0.695. The maximum absolute atomic E-state index is 5.37. The maximum Gasteiger partial charge on any atom is 0.120 e. The smallest absolute Gasteiger partial charge is 0.120 e. The van der Waals surface area contributed by atoms with Gasteiger partial charge in [-0.15, -0.1) is 0 Å². The van der Waals surface area contributed by atoms with Crippen molar-refractivity contribution in [1.29, 1.82) is 0 Å². The van der Waals surface area contributed by atoms with Crippen LogP contribution >= 0.6 is 22.6 Å². The van der Waals surface area contributed by atoms with Crippen molar-refractivity contribution in [2.45, 2.75) is 6.42 Å². The SMILES string of the molecule is [CH2]CCOc1cccc(I)c1. The third-order valence-electron chi connectivity index (χ3n) is 1.21. The van der Waals surface area contributed by atoms with E-state index in [4.69, 9.17) is 4.74 Å². The molecule has 1 rings (SSSR count). The Hall–Kier alpha value is -0.250. The summed E-state index contributed by atoms with van der Waals surface area (Å²) >= 11 is 2.26. The molecule has 0 atom stereocenters. The first-order chi connectivity index (χ1) is 5.33. The summed E-state index contributed by atoms with van der Waals surface area (Å²) in [5, 5.41) is 0. The van der Waals surface area contributed by atoms with Crippen molar-refractivity contribution in [2.24, 2.45) is 0 Å². The van der Waals surface area contributed by atoms with Crippen molar-refractivity contribution in [3.05, 3.63) is 34.8 Å². The molecular formula is C9H10IO. The molecule has 1 nitrogen and oxygen atoms in total. The standard InChI is InChI=1S/C9H10IO/c1-2-6-11-9-5-3-4-8(10)7-9/h3-5,7H,1-2,6H2. The van der Waals surface area contributed by atoms with Crippen LogP contribution in [0.1, 0.15) is 6.42 Å².